The summed E-state index contributed by atoms with van der Waals surface area (Å²) in [5.74, 6) is 1.89. The van der Waals surface area contributed by atoms with E-state index in [1.54, 1.807) is 38.6 Å². The Labute approximate surface area is 210 Å². The van der Waals surface area contributed by atoms with Crippen LogP contribution in [0.4, 0.5) is 16.2 Å². The van der Waals surface area contributed by atoms with Crippen molar-refractivity contribution in [3.8, 4) is 23.3 Å². The van der Waals surface area contributed by atoms with Crippen molar-refractivity contribution in [3.05, 3.63) is 48.2 Å². The molecule has 4 rings (SSSR count). The highest BCUT2D eigenvalue weighted by Crippen LogP contribution is 2.38. The van der Waals surface area contributed by atoms with Crippen LogP contribution in [-0.4, -0.2) is 50.6 Å². The van der Waals surface area contributed by atoms with E-state index in [9.17, 15) is 10.1 Å². The van der Waals surface area contributed by atoms with Gasteiger partial charge in [-0.2, -0.15) is 5.26 Å². The van der Waals surface area contributed by atoms with E-state index < -0.39 is 6.09 Å². The van der Waals surface area contributed by atoms with Gasteiger partial charge in [0.25, 0.3) is 0 Å². The van der Waals surface area contributed by atoms with E-state index >= 15 is 0 Å². The third-order valence-electron chi connectivity index (χ3n) is 5.97. The molecule has 0 radical (unpaired) electrons. The lowest BCUT2D eigenvalue weighted by Gasteiger charge is -2.34. The number of nitrogens with zero attached hydrogens (tertiary/aromatic N) is 3. The molecule has 1 saturated heterocycles. The van der Waals surface area contributed by atoms with Crippen LogP contribution in [0.15, 0.2) is 42.6 Å². The lowest BCUT2D eigenvalue weighted by atomic mass is 10.0. The van der Waals surface area contributed by atoms with Gasteiger partial charge in [0.2, 0.25) is 0 Å². The molecule has 188 valence electrons. The van der Waals surface area contributed by atoms with Crippen LogP contribution in [0.2, 0.25) is 0 Å². The van der Waals surface area contributed by atoms with Crippen molar-refractivity contribution >= 4 is 28.4 Å². The number of piperidine rings is 1. The molecule has 1 aliphatic heterocycles. The Kier molecular flexibility index (Phi) is 7.64. The minimum Gasteiger partial charge on any atom is -0.493 e. The molecule has 1 amide bonds. The van der Waals surface area contributed by atoms with E-state index in [1.165, 1.54) is 0 Å². The lowest BCUT2D eigenvalue weighted by molar-refractivity contribution is 0.0951. The van der Waals surface area contributed by atoms with Gasteiger partial charge in [-0.15, -0.1) is 0 Å². The SMILES string of the molecule is COc1cc2ncc(C#N)c(N3CCC(OC(=O)Nc4ccc(OC(C)C)cc4)CC3)c2cc1OC. The van der Waals surface area contributed by atoms with Gasteiger partial charge in [0.1, 0.15) is 17.9 Å². The average Bonchev–Trinajstić information content (AvgIpc) is 2.88. The molecule has 9 nitrogen and oxygen atoms in total. The first kappa shape index (κ1) is 24.9. The summed E-state index contributed by atoms with van der Waals surface area (Å²) in [6.07, 6.45) is 2.22. The predicted molar refractivity (Wildman–Crippen MR) is 137 cm³/mol. The molecular weight excluding hydrogens is 460 g/mol. The normalized spacial score (nSPS) is 13.8. The molecule has 0 bridgehead atoms. The fourth-order valence-corrected chi connectivity index (χ4v) is 4.31. The van der Waals surface area contributed by atoms with Gasteiger partial charge in [-0.1, -0.05) is 0 Å². The number of rotatable bonds is 7. The van der Waals surface area contributed by atoms with E-state index in [0.717, 1.165) is 16.8 Å². The number of benzene rings is 2. The zero-order chi connectivity index (χ0) is 25.7. The van der Waals surface area contributed by atoms with Gasteiger partial charge >= 0.3 is 6.09 Å². The van der Waals surface area contributed by atoms with Crippen LogP contribution >= 0.6 is 0 Å². The van der Waals surface area contributed by atoms with Crippen molar-refractivity contribution in [2.45, 2.75) is 38.9 Å². The predicted octanol–water partition coefficient (Wildman–Crippen LogP) is 5.13. The number of aromatic nitrogens is 1. The summed E-state index contributed by atoms with van der Waals surface area (Å²) in [5, 5.41) is 13.3. The van der Waals surface area contributed by atoms with Gasteiger partial charge in [0, 0.05) is 49.3 Å². The molecule has 0 spiro atoms. The summed E-state index contributed by atoms with van der Waals surface area (Å²) in [7, 11) is 3.15. The second kappa shape index (κ2) is 11.0. The summed E-state index contributed by atoms with van der Waals surface area (Å²) in [6, 6.07) is 13.1. The van der Waals surface area contributed by atoms with Gasteiger partial charge in [0.05, 0.1) is 37.1 Å². The molecule has 1 N–H and O–H groups in total. The number of carbonyl (C=O) groups is 1. The number of nitriles is 1. The van der Waals surface area contributed by atoms with E-state index in [-0.39, 0.29) is 12.2 Å². The molecule has 2 heterocycles. The molecule has 3 aromatic rings. The van der Waals surface area contributed by atoms with Crippen LogP contribution in [0.5, 0.6) is 17.2 Å². The Balaban J connectivity index is 1.42. The van der Waals surface area contributed by atoms with E-state index in [4.69, 9.17) is 18.9 Å². The number of ether oxygens (including phenoxy) is 4. The Hall–Kier alpha value is -4.19. The Morgan fingerprint density at radius 2 is 1.78 bits per heavy atom. The van der Waals surface area contributed by atoms with E-state index in [0.29, 0.717) is 54.2 Å². The summed E-state index contributed by atoms with van der Waals surface area (Å²) in [5.41, 5.74) is 2.64. The standard InChI is InChI=1S/C27H30N4O5/c1-17(2)35-20-7-5-19(6-8-20)30-27(32)36-21-9-11-31(12-10-21)26-18(15-28)16-29-23-14-25(34-4)24(33-3)13-22(23)26/h5-8,13-14,16-17,21H,9-12H2,1-4H3,(H,30,32). The topological polar surface area (TPSA) is 106 Å². The Morgan fingerprint density at radius 3 is 2.39 bits per heavy atom. The minimum absolute atomic E-state index is 0.0823. The summed E-state index contributed by atoms with van der Waals surface area (Å²) in [4.78, 5) is 19.0. The molecule has 1 fully saturated rings. The van der Waals surface area contributed by atoms with Crippen LogP contribution in [0, 0.1) is 11.3 Å². The first-order valence-electron chi connectivity index (χ1n) is 11.9. The number of fused-ring (bicyclic) bond motifs is 1. The van der Waals surface area contributed by atoms with Crippen molar-refractivity contribution in [2.75, 3.05) is 37.5 Å². The Bertz CT molecular complexity index is 1260. The average molecular weight is 491 g/mol. The van der Waals surface area contributed by atoms with Gasteiger partial charge in [-0.3, -0.25) is 10.3 Å². The van der Waals surface area contributed by atoms with Crippen LogP contribution in [-0.2, 0) is 4.74 Å². The van der Waals surface area contributed by atoms with Crippen LogP contribution in [0.3, 0.4) is 0 Å². The maximum absolute atomic E-state index is 12.4. The second-order valence-electron chi connectivity index (χ2n) is 8.76. The summed E-state index contributed by atoms with van der Waals surface area (Å²) in [6.45, 7) is 5.17. The fraction of sp³-hybridized carbons (Fsp3) is 0.370. The van der Waals surface area contributed by atoms with Gasteiger partial charge in [-0.25, -0.2) is 4.79 Å². The summed E-state index contributed by atoms with van der Waals surface area (Å²) < 4.78 is 22.2. The number of carbonyl (C=O) groups excluding carboxylic acids is 1. The maximum Gasteiger partial charge on any atom is 0.411 e. The largest absolute Gasteiger partial charge is 0.493 e. The highest BCUT2D eigenvalue weighted by Gasteiger charge is 2.26. The van der Waals surface area contributed by atoms with Crippen molar-refractivity contribution in [1.29, 1.82) is 5.26 Å². The highest BCUT2D eigenvalue weighted by molar-refractivity contribution is 5.96. The number of pyridine rings is 1. The van der Waals surface area contributed by atoms with Crippen LogP contribution < -0.4 is 24.4 Å². The Morgan fingerprint density at radius 1 is 1.11 bits per heavy atom. The van der Waals surface area contributed by atoms with Crippen molar-refractivity contribution < 1.29 is 23.7 Å². The molecular formula is C27H30N4O5. The minimum atomic E-state index is -0.491. The smallest absolute Gasteiger partial charge is 0.411 e. The zero-order valence-corrected chi connectivity index (χ0v) is 20.9. The van der Waals surface area contributed by atoms with Crippen LogP contribution in [0.25, 0.3) is 10.9 Å². The number of amides is 1. The highest BCUT2D eigenvalue weighted by atomic mass is 16.6. The zero-order valence-electron chi connectivity index (χ0n) is 20.9. The van der Waals surface area contributed by atoms with Crippen molar-refractivity contribution in [3.63, 3.8) is 0 Å². The third-order valence-corrected chi connectivity index (χ3v) is 5.97. The molecule has 0 atom stereocenters. The molecule has 9 heteroatoms. The van der Waals surface area contributed by atoms with E-state index in [1.807, 2.05) is 32.0 Å². The molecule has 1 aliphatic rings. The first-order chi connectivity index (χ1) is 17.4. The van der Waals surface area contributed by atoms with Gasteiger partial charge in [-0.05, 0) is 44.2 Å². The fourth-order valence-electron chi connectivity index (χ4n) is 4.31. The first-order valence-corrected chi connectivity index (χ1v) is 11.9. The van der Waals surface area contributed by atoms with Crippen molar-refractivity contribution in [1.82, 2.24) is 4.98 Å². The molecule has 0 saturated carbocycles. The maximum atomic E-state index is 12.4. The van der Waals surface area contributed by atoms with Gasteiger partial charge in [0.15, 0.2) is 11.5 Å². The third kappa shape index (κ3) is 5.54. The van der Waals surface area contributed by atoms with Crippen LogP contribution in [0.1, 0.15) is 32.3 Å². The monoisotopic (exact) mass is 490 g/mol. The molecule has 0 unspecified atom stereocenters. The quantitative estimate of drug-likeness (QED) is 0.486. The number of methoxy groups -OCH3 is 2. The number of anilines is 2. The van der Waals surface area contributed by atoms with E-state index in [2.05, 4.69) is 21.3 Å². The summed E-state index contributed by atoms with van der Waals surface area (Å²) >= 11 is 0. The number of nitrogens with one attached hydrogen (secondary N) is 1. The number of hydrogen-bond acceptors (Lipinski definition) is 8. The lowest BCUT2D eigenvalue weighted by Crippen LogP contribution is -2.39. The van der Waals surface area contributed by atoms with Gasteiger partial charge < -0.3 is 23.8 Å². The number of hydrogen-bond donors (Lipinski definition) is 1. The molecule has 2 aromatic carbocycles. The molecule has 0 aliphatic carbocycles. The van der Waals surface area contributed by atoms with Crippen molar-refractivity contribution in [2.24, 2.45) is 0 Å². The molecule has 1 aromatic heterocycles. The molecule has 36 heavy (non-hydrogen) atoms. The second-order valence-corrected chi connectivity index (χ2v) is 8.76.